The standard InChI is InChI=1S/C19H25N5OS2.HI/c1-20-19(23-9-7-22(8-10-23)18-3-2-11-27-18)21-13-17(25)24-6-4-16-15(14-24)5-12-26-16;/h2-3,5,11-12H,4,6-10,13-14H2,1H3,(H,20,21);1H. The summed E-state index contributed by atoms with van der Waals surface area (Å²) in [5.74, 6) is 0.965. The van der Waals surface area contributed by atoms with Crippen molar-refractivity contribution in [1.82, 2.24) is 15.1 Å². The van der Waals surface area contributed by atoms with Crippen LogP contribution in [0.2, 0.25) is 0 Å². The molecule has 0 atom stereocenters. The highest BCUT2D eigenvalue weighted by Crippen LogP contribution is 2.24. The number of carbonyl (C=O) groups excluding carboxylic acids is 1. The van der Waals surface area contributed by atoms with Crippen LogP contribution in [0.5, 0.6) is 0 Å². The Bertz CT molecular complexity index is 799. The highest BCUT2D eigenvalue weighted by Gasteiger charge is 2.23. The summed E-state index contributed by atoms with van der Waals surface area (Å²) in [6.45, 7) is 5.62. The summed E-state index contributed by atoms with van der Waals surface area (Å²) in [6, 6.07) is 6.40. The Hall–Kier alpha value is -1.33. The molecule has 4 rings (SSSR count). The number of piperazine rings is 1. The van der Waals surface area contributed by atoms with Gasteiger partial charge in [0.25, 0.3) is 0 Å². The third-order valence-electron chi connectivity index (χ3n) is 5.17. The van der Waals surface area contributed by atoms with Gasteiger partial charge in [0, 0.05) is 51.2 Å². The van der Waals surface area contributed by atoms with Gasteiger partial charge in [-0.2, -0.15) is 0 Å². The van der Waals surface area contributed by atoms with E-state index in [-0.39, 0.29) is 29.9 Å². The minimum atomic E-state index is 0. The number of fused-ring (bicyclic) bond motifs is 1. The van der Waals surface area contributed by atoms with Crippen molar-refractivity contribution in [2.24, 2.45) is 4.99 Å². The van der Waals surface area contributed by atoms with E-state index in [0.717, 1.165) is 51.6 Å². The van der Waals surface area contributed by atoms with Crippen LogP contribution in [0.25, 0.3) is 0 Å². The Kier molecular flexibility index (Phi) is 7.58. The molecule has 0 radical (unpaired) electrons. The molecule has 4 heterocycles. The maximum Gasteiger partial charge on any atom is 0.242 e. The number of guanidine groups is 1. The zero-order chi connectivity index (χ0) is 18.6. The molecular formula is C19H26IN5OS2. The van der Waals surface area contributed by atoms with Crippen molar-refractivity contribution in [2.45, 2.75) is 13.0 Å². The molecule has 0 aromatic carbocycles. The van der Waals surface area contributed by atoms with Crippen molar-refractivity contribution in [3.63, 3.8) is 0 Å². The fourth-order valence-corrected chi connectivity index (χ4v) is 5.32. The molecule has 2 aliphatic rings. The Morgan fingerprint density at radius 1 is 1.11 bits per heavy atom. The van der Waals surface area contributed by atoms with Gasteiger partial charge in [-0.05, 0) is 40.9 Å². The molecule has 1 saturated heterocycles. The minimum absolute atomic E-state index is 0. The maximum atomic E-state index is 12.6. The highest BCUT2D eigenvalue weighted by molar-refractivity contribution is 14.0. The van der Waals surface area contributed by atoms with Crippen LogP contribution >= 0.6 is 46.7 Å². The average molecular weight is 531 g/mol. The van der Waals surface area contributed by atoms with E-state index in [0.29, 0.717) is 6.54 Å². The lowest BCUT2D eigenvalue weighted by Gasteiger charge is -2.37. The third kappa shape index (κ3) is 4.80. The average Bonchev–Trinajstić information content (AvgIpc) is 3.40. The van der Waals surface area contributed by atoms with Crippen molar-refractivity contribution in [3.05, 3.63) is 39.4 Å². The van der Waals surface area contributed by atoms with Gasteiger partial charge >= 0.3 is 0 Å². The van der Waals surface area contributed by atoms with Crippen LogP contribution < -0.4 is 10.2 Å². The van der Waals surface area contributed by atoms with Gasteiger partial charge in [-0.15, -0.1) is 46.7 Å². The van der Waals surface area contributed by atoms with E-state index in [1.807, 2.05) is 4.90 Å². The summed E-state index contributed by atoms with van der Waals surface area (Å²) in [4.78, 5) is 25.0. The van der Waals surface area contributed by atoms with Crippen molar-refractivity contribution in [3.8, 4) is 0 Å². The first-order chi connectivity index (χ1) is 13.2. The van der Waals surface area contributed by atoms with Gasteiger partial charge in [-0.25, -0.2) is 0 Å². The minimum Gasteiger partial charge on any atom is -0.360 e. The zero-order valence-electron chi connectivity index (χ0n) is 16.0. The summed E-state index contributed by atoms with van der Waals surface area (Å²) in [5, 5.41) is 8.84. The number of nitrogens with one attached hydrogen (secondary N) is 1. The molecule has 6 nitrogen and oxygen atoms in total. The van der Waals surface area contributed by atoms with Gasteiger partial charge in [0.2, 0.25) is 5.91 Å². The van der Waals surface area contributed by atoms with E-state index >= 15 is 0 Å². The summed E-state index contributed by atoms with van der Waals surface area (Å²) >= 11 is 3.58. The normalized spacial score (nSPS) is 17.2. The van der Waals surface area contributed by atoms with Gasteiger partial charge in [0.1, 0.15) is 0 Å². The molecule has 1 N–H and O–H groups in total. The molecule has 1 fully saturated rings. The van der Waals surface area contributed by atoms with Crippen LogP contribution in [0.3, 0.4) is 0 Å². The Balaban J connectivity index is 0.00000225. The number of hydrogen-bond donors (Lipinski definition) is 1. The van der Waals surface area contributed by atoms with Crippen molar-refractivity contribution < 1.29 is 4.79 Å². The molecule has 2 aromatic rings. The molecule has 0 spiro atoms. The first-order valence-corrected chi connectivity index (χ1v) is 11.1. The van der Waals surface area contributed by atoms with Crippen LogP contribution in [0.1, 0.15) is 10.4 Å². The highest BCUT2D eigenvalue weighted by atomic mass is 127. The molecule has 0 aliphatic carbocycles. The number of hydrogen-bond acceptors (Lipinski definition) is 5. The number of thiophene rings is 2. The number of halogens is 1. The van der Waals surface area contributed by atoms with E-state index in [4.69, 9.17) is 0 Å². The number of anilines is 1. The van der Waals surface area contributed by atoms with Crippen LogP contribution in [0.15, 0.2) is 34.0 Å². The maximum absolute atomic E-state index is 12.6. The number of amides is 1. The summed E-state index contributed by atoms with van der Waals surface area (Å²) < 4.78 is 0. The monoisotopic (exact) mass is 531 g/mol. The van der Waals surface area contributed by atoms with Gasteiger partial charge in [-0.3, -0.25) is 9.79 Å². The summed E-state index contributed by atoms with van der Waals surface area (Å²) in [5.41, 5.74) is 1.30. The second-order valence-electron chi connectivity index (χ2n) is 6.76. The van der Waals surface area contributed by atoms with Crippen LogP contribution in [0, 0.1) is 0 Å². The number of aliphatic imine (C=N–C) groups is 1. The second-order valence-corrected chi connectivity index (χ2v) is 8.69. The summed E-state index contributed by atoms with van der Waals surface area (Å²) in [7, 11) is 1.79. The van der Waals surface area contributed by atoms with E-state index < -0.39 is 0 Å². The number of carbonyl (C=O) groups is 1. The van der Waals surface area contributed by atoms with Crippen molar-refractivity contribution >= 4 is 63.5 Å². The lowest BCUT2D eigenvalue weighted by atomic mass is 10.1. The zero-order valence-corrected chi connectivity index (χ0v) is 19.9. The Labute approximate surface area is 191 Å². The van der Waals surface area contributed by atoms with Crippen molar-refractivity contribution in [2.75, 3.05) is 51.2 Å². The van der Waals surface area contributed by atoms with E-state index in [9.17, 15) is 4.79 Å². The second kappa shape index (κ2) is 9.93. The van der Waals surface area contributed by atoms with E-state index in [1.54, 1.807) is 29.7 Å². The number of rotatable bonds is 3. The quantitative estimate of drug-likeness (QED) is 0.376. The van der Waals surface area contributed by atoms with Crippen molar-refractivity contribution in [1.29, 1.82) is 0 Å². The van der Waals surface area contributed by atoms with Crippen LogP contribution in [-0.2, 0) is 17.8 Å². The third-order valence-corrected chi connectivity index (χ3v) is 7.12. The lowest BCUT2D eigenvalue weighted by molar-refractivity contribution is -0.130. The van der Waals surface area contributed by atoms with Gasteiger partial charge in [0.15, 0.2) is 5.96 Å². The predicted molar refractivity (Wildman–Crippen MR) is 128 cm³/mol. The molecule has 0 bridgehead atoms. The Morgan fingerprint density at radius 2 is 1.93 bits per heavy atom. The van der Waals surface area contributed by atoms with Gasteiger partial charge < -0.3 is 20.0 Å². The molecule has 0 saturated carbocycles. The topological polar surface area (TPSA) is 51.2 Å². The van der Waals surface area contributed by atoms with Crippen LogP contribution in [-0.4, -0.2) is 68.0 Å². The fourth-order valence-electron chi connectivity index (χ4n) is 3.65. The first-order valence-electron chi connectivity index (χ1n) is 9.31. The smallest absolute Gasteiger partial charge is 0.242 e. The molecule has 2 aromatic heterocycles. The predicted octanol–water partition coefficient (Wildman–Crippen LogP) is 2.71. The largest absolute Gasteiger partial charge is 0.360 e. The summed E-state index contributed by atoms with van der Waals surface area (Å²) in [6.07, 6.45) is 0.970. The van der Waals surface area contributed by atoms with Crippen LogP contribution in [0.4, 0.5) is 5.00 Å². The number of nitrogens with zero attached hydrogens (tertiary/aromatic N) is 4. The molecule has 0 unspecified atom stereocenters. The fraction of sp³-hybridized carbons (Fsp3) is 0.474. The van der Waals surface area contributed by atoms with E-state index in [1.165, 1.54) is 15.4 Å². The first kappa shape index (κ1) is 21.4. The molecule has 9 heteroatoms. The van der Waals surface area contributed by atoms with Gasteiger partial charge in [-0.1, -0.05) is 0 Å². The molecule has 28 heavy (non-hydrogen) atoms. The lowest BCUT2D eigenvalue weighted by Crippen LogP contribution is -2.54. The molecular weight excluding hydrogens is 505 g/mol. The van der Waals surface area contributed by atoms with Gasteiger partial charge in [0.05, 0.1) is 11.5 Å². The SMILES string of the molecule is CN=C(NCC(=O)N1CCc2sccc2C1)N1CCN(c2cccs2)CC1.I. The molecule has 2 aliphatic heterocycles. The molecule has 152 valence electrons. The molecule has 1 amide bonds. The van der Waals surface area contributed by atoms with E-state index in [2.05, 4.69) is 49.1 Å². The Morgan fingerprint density at radius 3 is 2.64 bits per heavy atom.